The van der Waals surface area contributed by atoms with E-state index in [0.717, 1.165) is 17.9 Å². The number of aryl methyl sites for hydroxylation is 1. The van der Waals surface area contributed by atoms with E-state index in [1.54, 1.807) is 6.33 Å². The van der Waals surface area contributed by atoms with Gasteiger partial charge in [0, 0.05) is 6.54 Å². The van der Waals surface area contributed by atoms with Crippen molar-refractivity contribution in [3.05, 3.63) is 17.7 Å². The Kier molecular flexibility index (Phi) is 2.93. The van der Waals surface area contributed by atoms with Crippen molar-refractivity contribution in [3.8, 4) is 0 Å². The summed E-state index contributed by atoms with van der Waals surface area (Å²) in [6.07, 6.45) is 3.20. The van der Waals surface area contributed by atoms with Gasteiger partial charge >= 0.3 is 0 Å². The molecular formula is C10H17N3O. The average molecular weight is 195 g/mol. The Morgan fingerprint density at radius 3 is 2.71 bits per heavy atom. The van der Waals surface area contributed by atoms with E-state index in [4.69, 9.17) is 5.21 Å². The van der Waals surface area contributed by atoms with E-state index in [1.165, 1.54) is 6.21 Å². The third-order valence-corrected chi connectivity index (χ3v) is 1.90. The quantitative estimate of drug-likeness (QED) is 0.446. The summed E-state index contributed by atoms with van der Waals surface area (Å²) in [4.78, 5) is 4.18. The summed E-state index contributed by atoms with van der Waals surface area (Å²) in [5.74, 6) is 0. The molecule has 1 N–H and O–H groups in total. The number of aromatic nitrogens is 2. The van der Waals surface area contributed by atoms with Gasteiger partial charge in [-0.3, -0.25) is 0 Å². The second kappa shape index (κ2) is 3.82. The van der Waals surface area contributed by atoms with Crippen molar-refractivity contribution in [2.75, 3.05) is 0 Å². The fraction of sp³-hybridized carbons (Fsp3) is 0.600. The van der Waals surface area contributed by atoms with Crippen LogP contribution in [0, 0.1) is 12.3 Å². The van der Waals surface area contributed by atoms with Crippen LogP contribution in [0.4, 0.5) is 0 Å². The minimum Gasteiger partial charge on any atom is -0.411 e. The third kappa shape index (κ3) is 2.58. The van der Waals surface area contributed by atoms with Crippen molar-refractivity contribution < 1.29 is 5.21 Å². The van der Waals surface area contributed by atoms with Gasteiger partial charge in [-0.25, -0.2) is 4.98 Å². The van der Waals surface area contributed by atoms with Gasteiger partial charge < -0.3 is 9.77 Å². The molecule has 14 heavy (non-hydrogen) atoms. The molecule has 4 nitrogen and oxygen atoms in total. The van der Waals surface area contributed by atoms with Crippen LogP contribution in [0.15, 0.2) is 11.5 Å². The summed E-state index contributed by atoms with van der Waals surface area (Å²) in [6.45, 7) is 9.22. The van der Waals surface area contributed by atoms with E-state index in [0.29, 0.717) is 0 Å². The van der Waals surface area contributed by atoms with Gasteiger partial charge in [0.05, 0.1) is 23.9 Å². The maximum atomic E-state index is 8.51. The molecule has 0 bridgehead atoms. The molecule has 0 aliphatic heterocycles. The zero-order chi connectivity index (χ0) is 10.8. The molecule has 0 aliphatic rings. The second-order valence-corrected chi connectivity index (χ2v) is 4.65. The van der Waals surface area contributed by atoms with E-state index in [-0.39, 0.29) is 5.41 Å². The maximum Gasteiger partial charge on any atom is 0.0954 e. The summed E-state index contributed by atoms with van der Waals surface area (Å²) in [7, 11) is 0. The van der Waals surface area contributed by atoms with Gasteiger partial charge in [0.2, 0.25) is 0 Å². The van der Waals surface area contributed by atoms with Crippen LogP contribution in [0.3, 0.4) is 0 Å². The Hall–Kier alpha value is -1.32. The topological polar surface area (TPSA) is 50.4 Å². The fourth-order valence-electron chi connectivity index (χ4n) is 1.35. The Labute approximate surface area is 84.3 Å². The van der Waals surface area contributed by atoms with Crippen LogP contribution in [0.2, 0.25) is 0 Å². The second-order valence-electron chi connectivity index (χ2n) is 4.65. The lowest BCUT2D eigenvalue weighted by Gasteiger charge is -2.19. The zero-order valence-corrected chi connectivity index (χ0v) is 9.15. The first kappa shape index (κ1) is 10.8. The van der Waals surface area contributed by atoms with E-state index in [1.807, 2.05) is 11.5 Å². The number of oxime groups is 1. The molecular weight excluding hydrogens is 178 g/mol. The largest absolute Gasteiger partial charge is 0.411 e. The summed E-state index contributed by atoms with van der Waals surface area (Å²) in [6, 6.07) is 0. The standard InChI is InChI=1S/C10H17N3O/c1-8-9(5-12-14)13(7-11-8)6-10(2,3)4/h5,7,14H,6H2,1-4H3/b12-5+. The highest BCUT2D eigenvalue weighted by Crippen LogP contribution is 2.18. The van der Waals surface area contributed by atoms with Crippen LogP contribution >= 0.6 is 0 Å². The summed E-state index contributed by atoms with van der Waals surface area (Å²) in [5, 5.41) is 11.6. The van der Waals surface area contributed by atoms with Crippen LogP contribution in [0.1, 0.15) is 32.2 Å². The van der Waals surface area contributed by atoms with Crippen LogP contribution in [0.25, 0.3) is 0 Å². The molecule has 0 aromatic carbocycles. The Balaban J connectivity index is 2.98. The summed E-state index contributed by atoms with van der Waals surface area (Å²) in [5.41, 5.74) is 1.93. The van der Waals surface area contributed by atoms with Crippen LogP contribution in [0.5, 0.6) is 0 Å². The number of imidazole rings is 1. The maximum absolute atomic E-state index is 8.51. The van der Waals surface area contributed by atoms with Crippen molar-refractivity contribution >= 4 is 6.21 Å². The molecule has 1 heterocycles. The molecule has 0 atom stereocenters. The smallest absolute Gasteiger partial charge is 0.0954 e. The Bertz CT molecular complexity index is 334. The van der Waals surface area contributed by atoms with Gasteiger partial charge in [-0.05, 0) is 12.3 Å². The Morgan fingerprint density at radius 1 is 1.57 bits per heavy atom. The molecule has 0 fully saturated rings. The van der Waals surface area contributed by atoms with Gasteiger partial charge in [-0.15, -0.1) is 0 Å². The zero-order valence-electron chi connectivity index (χ0n) is 9.15. The lowest BCUT2D eigenvalue weighted by molar-refractivity contribution is 0.320. The lowest BCUT2D eigenvalue weighted by Crippen LogP contribution is -2.16. The third-order valence-electron chi connectivity index (χ3n) is 1.90. The van der Waals surface area contributed by atoms with Gasteiger partial charge in [0.25, 0.3) is 0 Å². The number of hydrogen-bond acceptors (Lipinski definition) is 3. The van der Waals surface area contributed by atoms with Crippen LogP contribution in [-0.4, -0.2) is 21.0 Å². The molecule has 0 spiro atoms. The molecule has 1 rings (SSSR count). The van der Waals surface area contributed by atoms with Gasteiger partial charge in [0.1, 0.15) is 0 Å². The molecule has 4 heteroatoms. The monoisotopic (exact) mass is 195 g/mol. The van der Waals surface area contributed by atoms with Crippen LogP contribution < -0.4 is 0 Å². The molecule has 0 aliphatic carbocycles. The molecule has 78 valence electrons. The first-order valence-electron chi connectivity index (χ1n) is 4.63. The van der Waals surface area contributed by atoms with Crippen molar-refractivity contribution in [2.45, 2.75) is 34.2 Å². The summed E-state index contributed by atoms with van der Waals surface area (Å²) >= 11 is 0. The van der Waals surface area contributed by atoms with Crippen molar-refractivity contribution in [1.29, 1.82) is 0 Å². The predicted octanol–water partition coefficient (Wildman–Crippen LogP) is 2.05. The molecule has 0 radical (unpaired) electrons. The molecule has 0 saturated carbocycles. The van der Waals surface area contributed by atoms with Gasteiger partial charge in [-0.2, -0.15) is 0 Å². The van der Waals surface area contributed by atoms with E-state index < -0.39 is 0 Å². The highest BCUT2D eigenvalue weighted by Gasteiger charge is 2.14. The van der Waals surface area contributed by atoms with Crippen LogP contribution in [-0.2, 0) is 6.54 Å². The highest BCUT2D eigenvalue weighted by molar-refractivity contribution is 5.78. The molecule has 0 unspecified atom stereocenters. The normalized spacial score (nSPS) is 12.6. The van der Waals surface area contributed by atoms with E-state index in [2.05, 4.69) is 30.9 Å². The van der Waals surface area contributed by atoms with Crippen molar-refractivity contribution in [2.24, 2.45) is 10.6 Å². The molecule has 1 aromatic rings. The number of hydrogen-bond donors (Lipinski definition) is 1. The average Bonchev–Trinajstić information content (AvgIpc) is 2.33. The molecule has 0 amide bonds. The van der Waals surface area contributed by atoms with Crippen molar-refractivity contribution in [1.82, 2.24) is 9.55 Å². The number of rotatable bonds is 2. The molecule has 0 saturated heterocycles. The van der Waals surface area contributed by atoms with E-state index >= 15 is 0 Å². The number of nitrogens with zero attached hydrogens (tertiary/aromatic N) is 3. The van der Waals surface area contributed by atoms with Gasteiger partial charge in [0.15, 0.2) is 0 Å². The lowest BCUT2D eigenvalue weighted by atomic mass is 9.97. The first-order valence-corrected chi connectivity index (χ1v) is 4.63. The predicted molar refractivity (Wildman–Crippen MR) is 55.8 cm³/mol. The Morgan fingerprint density at radius 2 is 2.21 bits per heavy atom. The highest BCUT2D eigenvalue weighted by atomic mass is 16.4. The minimum atomic E-state index is 0.186. The minimum absolute atomic E-state index is 0.186. The SMILES string of the molecule is Cc1ncn(CC(C)(C)C)c1/C=N/O. The first-order chi connectivity index (χ1) is 6.44. The molecule has 1 aromatic heterocycles. The fourth-order valence-corrected chi connectivity index (χ4v) is 1.35. The van der Waals surface area contributed by atoms with Gasteiger partial charge in [-0.1, -0.05) is 25.9 Å². The van der Waals surface area contributed by atoms with E-state index in [9.17, 15) is 0 Å². The summed E-state index contributed by atoms with van der Waals surface area (Å²) < 4.78 is 2.00. The van der Waals surface area contributed by atoms with Crippen molar-refractivity contribution in [3.63, 3.8) is 0 Å².